The number of fused-ring (bicyclic) bond motifs is 1. The maximum atomic E-state index is 12.6. The van der Waals surface area contributed by atoms with Gasteiger partial charge in [0.2, 0.25) is 0 Å². The summed E-state index contributed by atoms with van der Waals surface area (Å²) in [6, 6.07) is 13.3. The molecule has 0 aliphatic rings. The second kappa shape index (κ2) is 9.37. The Labute approximate surface area is 192 Å². The molecule has 6 nitrogen and oxygen atoms in total. The lowest BCUT2D eigenvalue weighted by Crippen LogP contribution is -2.29. The first-order chi connectivity index (χ1) is 14.5. The minimum atomic E-state index is -3.78. The number of halogens is 1. The van der Waals surface area contributed by atoms with Gasteiger partial charge in [-0.15, -0.1) is 0 Å². The summed E-state index contributed by atoms with van der Waals surface area (Å²) in [7, 11) is -3.78. The molecule has 0 radical (unpaired) electrons. The van der Waals surface area contributed by atoms with Crippen LogP contribution in [-0.4, -0.2) is 27.0 Å². The number of aromatic nitrogens is 2. The topological polar surface area (TPSA) is 84.3 Å². The fourth-order valence-corrected chi connectivity index (χ4v) is 5.07. The van der Waals surface area contributed by atoms with E-state index in [1.54, 1.807) is 0 Å². The van der Waals surface area contributed by atoms with E-state index in [1.807, 2.05) is 77.1 Å². The SMILES string of the molecule is CCNc1nc(-c2ccc(CP(=O)(O)OC(C)(C)C(C)C)cc2)nc2ccc(Br)cc12. The molecule has 3 rings (SSSR count). The predicted octanol–water partition coefficient (Wildman–Crippen LogP) is 6.63. The molecule has 1 unspecified atom stereocenters. The number of rotatable bonds is 8. The molecule has 0 bridgehead atoms. The van der Waals surface area contributed by atoms with E-state index in [-0.39, 0.29) is 12.1 Å². The zero-order chi connectivity index (χ0) is 22.8. The van der Waals surface area contributed by atoms with E-state index in [0.29, 0.717) is 5.82 Å². The highest BCUT2D eigenvalue weighted by Gasteiger charge is 2.33. The van der Waals surface area contributed by atoms with E-state index in [9.17, 15) is 9.46 Å². The molecule has 1 heterocycles. The Hall–Kier alpha value is -1.79. The largest absolute Gasteiger partial charge is 0.370 e. The summed E-state index contributed by atoms with van der Waals surface area (Å²) in [5.41, 5.74) is 1.73. The first kappa shape index (κ1) is 23.9. The summed E-state index contributed by atoms with van der Waals surface area (Å²) >= 11 is 3.50. The van der Waals surface area contributed by atoms with Crippen LogP contribution in [0.5, 0.6) is 0 Å². The van der Waals surface area contributed by atoms with Crippen LogP contribution in [0, 0.1) is 5.92 Å². The monoisotopic (exact) mass is 505 g/mol. The lowest BCUT2D eigenvalue weighted by atomic mass is 9.95. The first-order valence-electron chi connectivity index (χ1n) is 10.3. The standard InChI is InChI=1S/C23H29BrN3O3P/c1-6-25-22-19-13-18(24)11-12-20(19)26-21(27-22)17-9-7-16(8-10-17)14-31(28,29)30-23(4,5)15(2)3/h7-13,15H,6,14H2,1-5H3,(H,28,29)(H,25,26,27). The second-order valence-electron chi connectivity index (χ2n) is 8.43. The Balaban J connectivity index is 1.87. The van der Waals surface area contributed by atoms with Gasteiger partial charge in [-0.3, -0.25) is 4.57 Å². The van der Waals surface area contributed by atoms with E-state index in [0.717, 1.165) is 38.9 Å². The third kappa shape index (κ3) is 5.92. The summed E-state index contributed by atoms with van der Waals surface area (Å²) in [4.78, 5) is 19.8. The predicted molar refractivity (Wildman–Crippen MR) is 130 cm³/mol. The van der Waals surface area contributed by atoms with Gasteiger partial charge in [-0.05, 0) is 50.5 Å². The van der Waals surface area contributed by atoms with Gasteiger partial charge in [0.1, 0.15) is 5.82 Å². The number of hydrogen-bond acceptors (Lipinski definition) is 5. The van der Waals surface area contributed by atoms with E-state index >= 15 is 0 Å². The normalized spacial score (nSPS) is 14.1. The summed E-state index contributed by atoms with van der Waals surface area (Å²) in [6.45, 7) is 10.4. The van der Waals surface area contributed by atoms with Gasteiger partial charge in [0.15, 0.2) is 5.82 Å². The summed E-state index contributed by atoms with van der Waals surface area (Å²) in [6.07, 6.45) is -0.0430. The van der Waals surface area contributed by atoms with E-state index < -0.39 is 13.2 Å². The molecule has 1 aromatic heterocycles. The van der Waals surface area contributed by atoms with Crippen molar-refractivity contribution in [2.24, 2.45) is 5.92 Å². The molecule has 0 amide bonds. The van der Waals surface area contributed by atoms with Crippen LogP contribution in [-0.2, 0) is 15.3 Å². The summed E-state index contributed by atoms with van der Waals surface area (Å²) < 4.78 is 19.2. The zero-order valence-electron chi connectivity index (χ0n) is 18.5. The molecule has 8 heteroatoms. The van der Waals surface area contributed by atoms with Crippen molar-refractivity contribution >= 4 is 40.2 Å². The third-order valence-corrected chi connectivity index (χ3v) is 7.38. The number of hydrogen-bond donors (Lipinski definition) is 2. The van der Waals surface area contributed by atoms with Crippen LogP contribution in [0.3, 0.4) is 0 Å². The summed E-state index contributed by atoms with van der Waals surface area (Å²) in [5, 5.41) is 4.25. The van der Waals surface area contributed by atoms with Gasteiger partial charge >= 0.3 is 7.60 Å². The fourth-order valence-electron chi connectivity index (χ4n) is 3.03. The average Bonchev–Trinajstić information content (AvgIpc) is 2.67. The van der Waals surface area contributed by atoms with Gasteiger partial charge in [0, 0.05) is 22.0 Å². The van der Waals surface area contributed by atoms with Crippen molar-refractivity contribution in [1.29, 1.82) is 0 Å². The van der Waals surface area contributed by atoms with Crippen LogP contribution < -0.4 is 5.32 Å². The van der Waals surface area contributed by atoms with Crippen molar-refractivity contribution in [3.05, 3.63) is 52.5 Å². The van der Waals surface area contributed by atoms with Gasteiger partial charge in [-0.25, -0.2) is 9.97 Å². The smallest absolute Gasteiger partial charge is 0.332 e. The van der Waals surface area contributed by atoms with E-state index in [2.05, 4.69) is 21.2 Å². The van der Waals surface area contributed by atoms with Gasteiger partial charge in [0.25, 0.3) is 0 Å². The summed E-state index contributed by atoms with van der Waals surface area (Å²) in [5.74, 6) is 1.49. The van der Waals surface area contributed by atoms with Crippen LogP contribution in [0.15, 0.2) is 46.9 Å². The van der Waals surface area contributed by atoms with Crippen LogP contribution >= 0.6 is 23.5 Å². The Morgan fingerprint density at radius 2 is 1.84 bits per heavy atom. The molecule has 0 saturated heterocycles. The van der Waals surface area contributed by atoms with Crippen LogP contribution in [0.1, 0.15) is 40.2 Å². The first-order valence-corrected chi connectivity index (χ1v) is 12.9. The molecule has 166 valence electrons. The lowest BCUT2D eigenvalue weighted by Gasteiger charge is -2.31. The van der Waals surface area contributed by atoms with Crippen LogP contribution in [0.2, 0.25) is 0 Å². The fraction of sp³-hybridized carbons (Fsp3) is 0.391. The van der Waals surface area contributed by atoms with Crippen LogP contribution in [0.4, 0.5) is 5.82 Å². The number of nitrogens with zero attached hydrogens (tertiary/aromatic N) is 2. The van der Waals surface area contributed by atoms with Gasteiger partial charge in [0.05, 0.1) is 17.3 Å². The molecule has 0 aliphatic carbocycles. The molecule has 31 heavy (non-hydrogen) atoms. The number of nitrogens with one attached hydrogen (secondary N) is 1. The molecule has 0 saturated carbocycles. The molecule has 0 aliphatic heterocycles. The number of benzene rings is 2. The van der Waals surface area contributed by atoms with E-state index in [1.165, 1.54) is 0 Å². The molecule has 0 spiro atoms. The van der Waals surface area contributed by atoms with Crippen molar-refractivity contribution in [3.63, 3.8) is 0 Å². The third-order valence-electron chi connectivity index (χ3n) is 5.36. The molecular weight excluding hydrogens is 477 g/mol. The molecule has 2 aromatic carbocycles. The van der Waals surface area contributed by atoms with E-state index in [4.69, 9.17) is 14.5 Å². The Morgan fingerprint density at radius 3 is 2.45 bits per heavy atom. The Bertz CT molecular complexity index is 1120. The van der Waals surface area contributed by atoms with Crippen molar-refractivity contribution in [3.8, 4) is 11.4 Å². The highest BCUT2D eigenvalue weighted by Crippen LogP contribution is 2.50. The average molecular weight is 506 g/mol. The van der Waals surface area contributed by atoms with Gasteiger partial charge in [-0.2, -0.15) is 0 Å². The molecule has 0 fully saturated rings. The van der Waals surface area contributed by atoms with Gasteiger partial charge < -0.3 is 14.7 Å². The lowest BCUT2D eigenvalue weighted by molar-refractivity contribution is 0.0472. The Morgan fingerprint density at radius 1 is 1.16 bits per heavy atom. The highest BCUT2D eigenvalue weighted by molar-refractivity contribution is 9.10. The van der Waals surface area contributed by atoms with Crippen molar-refractivity contribution in [2.75, 3.05) is 11.9 Å². The van der Waals surface area contributed by atoms with Crippen molar-refractivity contribution in [1.82, 2.24) is 9.97 Å². The minimum Gasteiger partial charge on any atom is -0.370 e. The molecule has 1 atom stereocenters. The highest BCUT2D eigenvalue weighted by atomic mass is 79.9. The molecular formula is C23H29BrN3O3P. The zero-order valence-corrected chi connectivity index (χ0v) is 21.0. The van der Waals surface area contributed by atoms with Crippen molar-refractivity contribution < 1.29 is 14.0 Å². The van der Waals surface area contributed by atoms with Crippen molar-refractivity contribution in [2.45, 2.75) is 46.4 Å². The van der Waals surface area contributed by atoms with Gasteiger partial charge in [-0.1, -0.05) is 54.0 Å². The maximum absolute atomic E-state index is 12.6. The maximum Gasteiger partial charge on any atom is 0.332 e. The van der Waals surface area contributed by atoms with Crippen LogP contribution in [0.25, 0.3) is 22.3 Å². The molecule has 2 N–H and O–H groups in total. The Kier molecular flexibility index (Phi) is 7.21. The number of anilines is 1. The quantitative estimate of drug-likeness (QED) is 0.334. The second-order valence-corrected chi connectivity index (χ2v) is 11.1. The minimum absolute atomic E-state index is 0.0430. The molecule has 3 aromatic rings.